The van der Waals surface area contributed by atoms with Crippen molar-refractivity contribution in [3.05, 3.63) is 65.7 Å². The summed E-state index contributed by atoms with van der Waals surface area (Å²) in [5.41, 5.74) is 7.23. The Bertz CT molecular complexity index is 854. The summed E-state index contributed by atoms with van der Waals surface area (Å²) >= 11 is 0. The van der Waals surface area contributed by atoms with Crippen LogP contribution < -0.4 is 16.4 Å². The monoisotopic (exact) mass is 380 g/mol. The smallest absolute Gasteiger partial charge is 0.321 e. The lowest BCUT2D eigenvalue weighted by Crippen LogP contribution is -2.46. The molecule has 1 heterocycles. The Balaban J connectivity index is 1.53. The Morgan fingerprint density at radius 2 is 1.86 bits per heavy atom. The molecular formula is C21H24N4O3. The molecule has 0 bridgehead atoms. The highest BCUT2D eigenvalue weighted by atomic mass is 16.2. The van der Waals surface area contributed by atoms with Crippen molar-refractivity contribution in [2.75, 3.05) is 18.4 Å². The van der Waals surface area contributed by atoms with Crippen molar-refractivity contribution >= 4 is 23.5 Å². The first-order valence-corrected chi connectivity index (χ1v) is 9.30. The minimum Gasteiger partial charge on any atom is -0.366 e. The first-order chi connectivity index (χ1) is 13.5. The molecule has 146 valence electrons. The topological polar surface area (TPSA) is 105 Å². The average molecular weight is 380 g/mol. The SMILES string of the molecule is NC(=O)c1cccc(CNC(=O)C2CCCN(C(=O)Nc3ccccc3)C2)c1. The van der Waals surface area contributed by atoms with Crippen LogP contribution in [0.4, 0.5) is 10.5 Å². The lowest BCUT2D eigenvalue weighted by atomic mass is 9.97. The van der Waals surface area contributed by atoms with Crippen LogP contribution in [0.25, 0.3) is 0 Å². The summed E-state index contributed by atoms with van der Waals surface area (Å²) in [5.74, 6) is -0.850. The van der Waals surface area contributed by atoms with Crippen molar-refractivity contribution in [2.45, 2.75) is 19.4 Å². The number of nitrogens with zero attached hydrogens (tertiary/aromatic N) is 1. The van der Waals surface area contributed by atoms with Gasteiger partial charge >= 0.3 is 6.03 Å². The summed E-state index contributed by atoms with van der Waals surface area (Å²) in [7, 11) is 0. The highest BCUT2D eigenvalue weighted by molar-refractivity contribution is 5.93. The molecule has 0 radical (unpaired) electrons. The number of primary amides is 1. The van der Waals surface area contributed by atoms with Crippen molar-refractivity contribution in [3.63, 3.8) is 0 Å². The zero-order chi connectivity index (χ0) is 19.9. The van der Waals surface area contributed by atoms with E-state index in [4.69, 9.17) is 5.73 Å². The molecule has 0 aliphatic carbocycles. The number of rotatable bonds is 5. The summed E-state index contributed by atoms with van der Waals surface area (Å²) < 4.78 is 0. The van der Waals surface area contributed by atoms with E-state index in [-0.39, 0.29) is 17.9 Å². The second-order valence-electron chi connectivity index (χ2n) is 6.86. The van der Waals surface area contributed by atoms with Crippen LogP contribution >= 0.6 is 0 Å². The van der Waals surface area contributed by atoms with E-state index >= 15 is 0 Å². The minimum absolute atomic E-state index is 0.0957. The van der Waals surface area contributed by atoms with Crippen LogP contribution in [-0.4, -0.2) is 35.8 Å². The van der Waals surface area contributed by atoms with Crippen molar-refractivity contribution < 1.29 is 14.4 Å². The fraction of sp³-hybridized carbons (Fsp3) is 0.286. The molecule has 2 aromatic carbocycles. The highest BCUT2D eigenvalue weighted by Crippen LogP contribution is 2.18. The first-order valence-electron chi connectivity index (χ1n) is 9.30. The van der Waals surface area contributed by atoms with Crippen LogP contribution in [0.1, 0.15) is 28.8 Å². The molecule has 28 heavy (non-hydrogen) atoms. The third-order valence-corrected chi connectivity index (χ3v) is 4.78. The largest absolute Gasteiger partial charge is 0.366 e. The minimum atomic E-state index is -0.500. The summed E-state index contributed by atoms with van der Waals surface area (Å²) in [6.45, 7) is 1.32. The van der Waals surface area contributed by atoms with E-state index < -0.39 is 5.91 Å². The molecule has 2 aromatic rings. The molecule has 0 saturated carbocycles. The van der Waals surface area contributed by atoms with Gasteiger partial charge in [0.25, 0.3) is 0 Å². The number of carbonyl (C=O) groups is 3. The number of nitrogens with two attached hydrogens (primary N) is 1. The van der Waals surface area contributed by atoms with Crippen LogP contribution in [-0.2, 0) is 11.3 Å². The molecule has 4 amide bonds. The molecule has 1 saturated heterocycles. The van der Waals surface area contributed by atoms with Crippen LogP contribution in [0, 0.1) is 5.92 Å². The molecule has 7 nitrogen and oxygen atoms in total. The van der Waals surface area contributed by atoms with Gasteiger partial charge in [-0.05, 0) is 42.7 Å². The van der Waals surface area contributed by atoms with E-state index in [1.807, 2.05) is 36.4 Å². The van der Waals surface area contributed by atoms with Crippen molar-refractivity contribution in [1.82, 2.24) is 10.2 Å². The van der Waals surface area contributed by atoms with E-state index in [0.29, 0.717) is 25.2 Å². The van der Waals surface area contributed by atoms with Crippen LogP contribution in [0.5, 0.6) is 0 Å². The molecular weight excluding hydrogens is 356 g/mol. The van der Waals surface area contributed by atoms with Gasteiger partial charge in [-0.3, -0.25) is 9.59 Å². The number of urea groups is 1. The Labute approximate surface area is 163 Å². The second-order valence-corrected chi connectivity index (χ2v) is 6.86. The Morgan fingerprint density at radius 3 is 2.61 bits per heavy atom. The normalized spacial score (nSPS) is 16.3. The van der Waals surface area contributed by atoms with Gasteiger partial charge in [-0.25, -0.2) is 4.79 Å². The number of nitrogens with one attached hydrogen (secondary N) is 2. The van der Waals surface area contributed by atoms with Gasteiger partial charge in [0.1, 0.15) is 0 Å². The van der Waals surface area contributed by atoms with Crippen molar-refractivity contribution in [2.24, 2.45) is 11.7 Å². The number of anilines is 1. The quantitative estimate of drug-likeness (QED) is 0.741. The standard InChI is InChI=1S/C21H24N4O3/c22-19(26)16-7-4-6-15(12-16)13-23-20(27)17-8-5-11-25(14-17)21(28)24-18-9-2-1-3-10-18/h1-4,6-7,9-10,12,17H,5,8,11,13-14H2,(H2,22,26)(H,23,27)(H,24,28). The molecule has 1 aliphatic rings. The van der Waals surface area contributed by atoms with Gasteiger partial charge in [0.2, 0.25) is 11.8 Å². The summed E-state index contributed by atoms with van der Waals surface area (Å²) in [4.78, 5) is 37.9. The van der Waals surface area contributed by atoms with Gasteiger partial charge in [-0.2, -0.15) is 0 Å². The Kier molecular flexibility index (Phi) is 6.26. The second kappa shape index (κ2) is 9.03. The summed E-state index contributed by atoms with van der Waals surface area (Å²) in [5, 5.41) is 5.75. The van der Waals surface area contributed by atoms with Gasteiger partial charge in [0.15, 0.2) is 0 Å². The zero-order valence-corrected chi connectivity index (χ0v) is 15.6. The highest BCUT2D eigenvalue weighted by Gasteiger charge is 2.28. The van der Waals surface area contributed by atoms with Crippen molar-refractivity contribution in [3.8, 4) is 0 Å². The van der Waals surface area contributed by atoms with Crippen LogP contribution in [0.2, 0.25) is 0 Å². The predicted octanol–water partition coefficient (Wildman–Crippen LogP) is 2.35. The van der Waals surface area contributed by atoms with Gasteiger partial charge in [0.05, 0.1) is 5.92 Å². The summed E-state index contributed by atoms with van der Waals surface area (Å²) in [6.07, 6.45) is 1.51. The maximum Gasteiger partial charge on any atom is 0.321 e. The molecule has 0 aromatic heterocycles. The first kappa shape index (κ1) is 19.4. The average Bonchev–Trinajstić information content (AvgIpc) is 2.73. The van der Waals surface area contributed by atoms with Gasteiger partial charge in [0, 0.05) is 30.9 Å². The fourth-order valence-electron chi connectivity index (χ4n) is 3.27. The maximum atomic E-state index is 12.6. The molecule has 4 N–H and O–H groups in total. The number of likely N-dealkylation sites (tertiary alicyclic amines) is 1. The summed E-state index contributed by atoms with van der Waals surface area (Å²) in [6, 6.07) is 15.9. The van der Waals surface area contributed by atoms with E-state index in [9.17, 15) is 14.4 Å². The number of piperidine rings is 1. The van der Waals surface area contributed by atoms with Gasteiger partial charge in [-0.1, -0.05) is 30.3 Å². The Morgan fingerprint density at radius 1 is 1.07 bits per heavy atom. The van der Waals surface area contributed by atoms with E-state index in [2.05, 4.69) is 10.6 Å². The van der Waals surface area contributed by atoms with Crippen LogP contribution in [0.3, 0.4) is 0 Å². The molecule has 1 fully saturated rings. The third-order valence-electron chi connectivity index (χ3n) is 4.78. The number of amides is 4. The molecule has 7 heteroatoms. The Hall–Kier alpha value is -3.35. The number of hydrogen-bond acceptors (Lipinski definition) is 3. The number of carbonyl (C=O) groups excluding carboxylic acids is 3. The number of hydrogen-bond donors (Lipinski definition) is 3. The van der Waals surface area contributed by atoms with E-state index in [0.717, 1.165) is 24.1 Å². The third kappa shape index (κ3) is 5.09. The van der Waals surface area contributed by atoms with Crippen molar-refractivity contribution in [1.29, 1.82) is 0 Å². The zero-order valence-electron chi connectivity index (χ0n) is 15.6. The van der Waals surface area contributed by atoms with Gasteiger partial charge in [-0.15, -0.1) is 0 Å². The molecule has 1 aliphatic heterocycles. The molecule has 1 unspecified atom stereocenters. The number of benzene rings is 2. The van der Waals surface area contributed by atoms with E-state index in [1.54, 1.807) is 23.1 Å². The lowest BCUT2D eigenvalue weighted by Gasteiger charge is -2.32. The fourth-order valence-corrected chi connectivity index (χ4v) is 3.27. The predicted molar refractivity (Wildman–Crippen MR) is 107 cm³/mol. The lowest BCUT2D eigenvalue weighted by molar-refractivity contribution is -0.126. The molecule has 3 rings (SSSR count). The number of para-hydroxylation sites is 1. The van der Waals surface area contributed by atoms with E-state index in [1.165, 1.54) is 0 Å². The molecule has 1 atom stereocenters. The van der Waals surface area contributed by atoms with Crippen LogP contribution in [0.15, 0.2) is 54.6 Å². The molecule has 0 spiro atoms. The maximum absolute atomic E-state index is 12.6. The van der Waals surface area contributed by atoms with Gasteiger partial charge < -0.3 is 21.3 Å².